The normalized spacial score (nSPS) is 10.3. The maximum atomic E-state index is 5.16. The van der Waals surface area contributed by atoms with E-state index in [0.717, 1.165) is 21.4 Å². The van der Waals surface area contributed by atoms with Gasteiger partial charge in [0.2, 0.25) is 0 Å². The van der Waals surface area contributed by atoms with Crippen LogP contribution in [0.1, 0.15) is 5.56 Å². The molecule has 0 bridgehead atoms. The number of hydrogen-bond acceptors (Lipinski definition) is 2. The van der Waals surface area contributed by atoms with Gasteiger partial charge in [0.15, 0.2) is 9.34 Å². The van der Waals surface area contributed by atoms with Crippen LogP contribution in [0.5, 0.6) is 0 Å². The fourth-order valence-corrected chi connectivity index (χ4v) is 1.77. The van der Waals surface area contributed by atoms with E-state index in [9.17, 15) is 0 Å². The predicted octanol–water partition coefficient (Wildman–Crippen LogP) is 2.52. The Bertz CT molecular complexity index is 222. The van der Waals surface area contributed by atoms with Crippen molar-refractivity contribution in [2.75, 3.05) is 7.05 Å². The molecule has 0 fully saturated rings. The van der Waals surface area contributed by atoms with Gasteiger partial charge in [0.25, 0.3) is 0 Å². The molecule has 0 saturated carbocycles. The minimum absolute atomic E-state index is 0.754. The van der Waals surface area contributed by atoms with Crippen LogP contribution in [0.25, 0.3) is 0 Å². The molecule has 1 rings (SSSR count). The highest BCUT2D eigenvalue weighted by Crippen LogP contribution is 2.24. The Morgan fingerprint density at radius 2 is 2.30 bits per heavy atom. The second-order valence-electron chi connectivity index (χ2n) is 1.88. The summed E-state index contributed by atoms with van der Waals surface area (Å²) >= 11 is 6.51. The van der Waals surface area contributed by atoms with E-state index in [0.29, 0.717) is 0 Å². The summed E-state index contributed by atoms with van der Waals surface area (Å²) < 4.78 is 6.70. The second kappa shape index (κ2) is 3.55. The van der Waals surface area contributed by atoms with Crippen LogP contribution >= 0.6 is 31.9 Å². The molecular formula is C6H7Br2NO. The van der Waals surface area contributed by atoms with Crippen molar-refractivity contribution < 1.29 is 4.42 Å². The van der Waals surface area contributed by atoms with Gasteiger partial charge in [-0.2, -0.15) is 0 Å². The lowest BCUT2D eigenvalue weighted by molar-refractivity contribution is 0.511. The van der Waals surface area contributed by atoms with Gasteiger partial charge in [-0.1, -0.05) is 0 Å². The van der Waals surface area contributed by atoms with Gasteiger partial charge < -0.3 is 9.73 Å². The Hall–Kier alpha value is 0.200. The standard InChI is InChI=1S/C6H7Br2NO/c1-9-3-4-2-5(7)10-6(4)8/h2,9H,3H2,1H3. The highest BCUT2D eigenvalue weighted by molar-refractivity contribution is 9.11. The molecule has 1 heterocycles. The molecule has 2 nitrogen and oxygen atoms in total. The fraction of sp³-hybridized carbons (Fsp3) is 0.333. The second-order valence-corrected chi connectivity index (χ2v) is 3.38. The van der Waals surface area contributed by atoms with Crippen molar-refractivity contribution in [3.8, 4) is 0 Å². The van der Waals surface area contributed by atoms with Crippen LogP contribution in [-0.2, 0) is 6.54 Å². The minimum Gasteiger partial charge on any atom is -0.442 e. The molecule has 0 aliphatic heterocycles. The molecule has 0 unspecified atom stereocenters. The lowest BCUT2D eigenvalue weighted by Gasteiger charge is -1.92. The Labute approximate surface area is 76.2 Å². The van der Waals surface area contributed by atoms with Crippen LogP contribution in [0.4, 0.5) is 0 Å². The van der Waals surface area contributed by atoms with Crippen LogP contribution in [0, 0.1) is 0 Å². The van der Waals surface area contributed by atoms with E-state index >= 15 is 0 Å². The van der Waals surface area contributed by atoms with Crippen LogP contribution < -0.4 is 5.32 Å². The molecule has 56 valence electrons. The average molecular weight is 269 g/mol. The summed E-state index contributed by atoms with van der Waals surface area (Å²) in [6.07, 6.45) is 0. The van der Waals surface area contributed by atoms with E-state index in [1.54, 1.807) is 0 Å². The molecule has 0 aliphatic carbocycles. The molecule has 0 spiro atoms. The summed E-state index contributed by atoms with van der Waals surface area (Å²) in [6.45, 7) is 0.815. The molecule has 4 heteroatoms. The Balaban J connectivity index is 2.81. The van der Waals surface area contributed by atoms with Crippen molar-refractivity contribution >= 4 is 31.9 Å². The molecule has 1 N–H and O–H groups in total. The monoisotopic (exact) mass is 267 g/mol. The molecule has 0 radical (unpaired) electrons. The third-order valence-corrected chi connectivity index (χ3v) is 2.16. The predicted molar refractivity (Wildman–Crippen MR) is 46.9 cm³/mol. The number of rotatable bonds is 2. The number of furan rings is 1. The van der Waals surface area contributed by atoms with Crippen molar-refractivity contribution in [2.45, 2.75) is 6.54 Å². The SMILES string of the molecule is CNCc1cc(Br)oc1Br. The van der Waals surface area contributed by atoms with Gasteiger partial charge in [-0.15, -0.1) is 0 Å². The first-order valence-electron chi connectivity index (χ1n) is 2.82. The van der Waals surface area contributed by atoms with E-state index < -0.39 is 0 Å². The minimum atomic E-state index is 0.754. The van der Waals surface area contributed by atoms with Crippen LogP contribution in [0.3, 0.4) is 0 Å². The summed E-state index contributed by atoms with van der Waals surface area (Å²) in [5, 5.41) is 3.03. The Kier molecular flexibility index (Phi) is 2.95. The molecule has 0 aliphatic rings. The fourth-order valence-electron chi connectivity index (χ4n) is 0.685. The van der Waals surface area contributed by atoms with Gasteiger partial charge in [-0.25, -0.2) is 0 Å². The van der Waals surface area contributed by atoms with Gasteiger partial charge in [0.1, 0.15) is 0 Å². The maximum absolute atomic E-state index is 5.16. The van der Waals surface area contributed by atoms with Gasteiger partial charge in [-0.05, 0) is 45.0 Å². The average Bonchev–Trinajstić information content (AvgIpc) is 2.13. The quantitative estimate of drug-likeness (QED) is 0.892. The van der Waals surface area contributed by atoms with Crippen molar-refractivity contribution in [3.63, 3.8) is 0 Å². The maximum Gasteiger partial charge on any atom is 0.175 e. The Morgan fingerprint density at radius 1 is 1.60 bits per heavy atom. The zero-order chi connectivity index (χ0) is 7.56. The van der Waals surface area contributed by atoms with Crippen molar-refractivity contribution in [1.82, 2.24) is 5.32 Å². The molecule has 0 saturated heterocycles. The topological polar surface area (TPSA) is 25.2 Å². The summed E-state index contributed by atoms with van der Waals surface area (Å²) in [5.74, 6) is 0. The summed E-state index contributed by atoms with van der Waals surface area (Å²) in [4.78, 5) is 0. The first-order chi connectivity index (χ1) is 4.74. The molecule has 0 aromatic carbocycles. The van der Waals surface area contributed by atoms with Gasteiger partial charge >= 0.3 is 0 Å². The highest BCUT2D eigenvalue weighted by Gasteiger charge is 2.04. The largest absolute Gasteiger partial charge is 0.442 e. The molecule has 1 aromatic heterocycles. The van der Waals surface area contributed by atoms with Crippen LogP contribution in [0.2, 0.25) is 0 Å². The number of nitrogens with one attached hydrogen (secondary N) is 1. The highest BCUT2D eigenvalue weighted by atomic mass is 79.9. The zero-order valence-corrected chi connectivity index (χ0v) is 8.62. The van der Waals surface area contributed by atoms with E-state index in [1.165, 1.54) is 0 Å². The summed E-state index contributed by atoms with van der Waals surface area (Å²) in [7, 11) is 1.90. The lowest BCUT2D eigenvalue weighted by Crippen LogP contribution is -2.03. The molecule has 1 aromatic rings. The van der Waals surface area contributed by atoms with Crippen molar-refractivity contribution in [1.29, 1.82) is 0 Å². The van der Waals surface area contributed by atoms with Crippen molar-refractivity contribution in [2.24, 2.45) is 0 Å². The molecule has 10 heavy (non-hydrogen) atoms. The van der Waals surface area contributed by atoms with Crippen molar-refractivity contribution in [3.05, 3.63) is 21.0 Å². The Morgan fingerprint density at radius 3 is 2.70 bits per heavy atom. The molecule has 0 amide bonds. The number of halogens is 2. The third-order valence-electron chi connectivity index (χ3n) is 1.09. The summed E-state index contributed by atoms with van der Waals surface area (Å²) in [5.41, 5.74) is 1.12. The van der Waals surface area contributed by atoms with Crippen LogP contribution in [0.15, 0.2) is 19.8 Å². The van der Waals surface area contributed by atoms with Gasteiger partial charge in [0.05, 0.1) is 0 Å². The van der Waals surface area contributed by atoms with E-state index in [1.807, 2.05) is 13.1 Å². The summed E-state index contributed by atoms with van der Waals surface area (Å²) in [6, 6.07) is 1.93. The first kappa shape index (κ1) is 8.30. The third kappa shape index (κ3) is 1.84. The van der Waals surface area contributed by atoms with E-state index in [4.69, 9.17) is 4.42 Å². The lowest BCUT2D eigenvalue weighted by atomic mass is 10.3. The smallest absolute Gasteiger partial charge is 0.175 e. The molecule has 0 atom stereocenters. The van der Waals surface area contributed by atoms with E-state index in [-0.39, 0.29) is 0 Å². The van der Waals surface area contributed by atoms with E-state index in [2.05, 4.69) is 37.2 Å². The zero-order valence-electron chi connectivity index (χ0n) is 5.45. The first-order valence-corrected chi connectivity index (χ1v) is 4.41. The van der Waals surface area contributed by atoms with Crippen LogP contribution in [-0.4, -0.2) is 7.05 Å². The van der Waals surface area contributed by atoms with Gasteiger partial charge in [0, 0.05) is 12.1 Å². The molecular weight excluding hydrogens is 262 g/mol. The number of hydrogen-bond donors (Lipinski definition) is 1. The van der Waals surface area contributed by atoms with Gasteiger partial charge in [-0.3, -0.25) is 0 Å².